The maximum Gasteiger partial charge on any atom is 0.142 e. The van der Waals surface area contributed by atoms with Crippen molar-refractivity contribution in [3.63, 3.8) is 0 Å². The van der Waals surface area contributed by atoms with Gasteiger partial charge in [0.25, 0.3) is 0 Å². The number of pyridine rings is 1. The summed E-state index contributed by atoms with van der Waals surface area (Å²) < 4.78 is 5.96. The standard InChI is InChI=1S/C15H26N2O/c1-11(2)8-17-9-14-6-7-16-10-15(14)18-13(5)12(3)4/h6-7,10-13,17H,8-9H2,1-5H3. The number of ether oxygens (including phenoxy) is 1. The number of hydrogen-bond donors (Lipinski definition) is 1. The Labute approximate surface area is 111 Å². The molecule has 0 aromatic carbocycles. The molecule has 0 aliphatic heterocycles. The van der Waals surface area contributed by atoms with Gasteiger partial charge in [-0.15, -0.1) is 0 Å². The average molecular weight is 250 g/mol. The SMILES string of the molecule is CC(C)CNCc1ccncc1OC(C)C(C)C. The van der Waals surface area contributed by atoms with Crippen molar-refractivity contribution in [2.45, 2.75) is 47.3 Å². The fraction of sp³-hybridized carbons (Fsp3) is 0.667. The van der Waals surface area contributed by atoms with Crippen molar-refractivity contribution in [3.05, 3.63) is 24.0 Å². The maximum atomic E-state index is 5.96. The highest BCUT2D eigenvalue weighted by Gasteiger charge is 2.11. The molecular formula is C15H26N2O. The molecule has 0 bridgehead atoms. The molecule has 0 saturated heterocycles. The van der Waals surface area contributed by atoms with E-state index in [9.17, 15) is 0 Å². The van der Waals surface area contributed by atoms with Gasteiger partial charge in [-0.1, -0.05) is 27.7 Å². The predicted molar refractivity (Wildman–Crippen MR) is 75.7 cm³/mol. The number of aromatic nitrogens is 1. The minimum Gasteiger partial charge on any atom is -0.488 e. The molecule has 1 rings (SSSR count). The van der Waals surface area contributed by atoms with Crippen LogP contribution < -0.4 is 10.1 Å². The molecule has 1 aromatic rings. The van der Waals surface area contributed by atoms with Crippen LogP contribution in [0.5, 0.6) is 5.75 Å². The highest BCUT2D eigenvalue weighted by atomic mass is 16.5. The second kappa shape index (κ2) is 7.37. The summed E-state index contributed by atoms with van der Waals surface area (Å²) in [5, 5.41) is 3.44. The molecule has 1 unspecified atom stereocenters. The molecule has 1 heterocycles. The molecule has 0 amide bonds. The van der Waals surface area contributed by atoms with E-state index in [-0.39, 0.29) is 6.10 Å². The second-order valence-corrected chi connectivity index (χ2v) is 5.58. The van der Waals surface area contributed by atoms with Crippen LogP contribution in [0.2, 0.25) is 0 Å². The van der Waals surface area contributed by atoms with Gasteiger partial charge < -0.3 is 10.1 Å². The number of nitrogens with zero attached hydrogens (tertiary/aromatic N) is 1. The molecule has 102 valence electrons. The van der Waals surface area contributed by atoms with Crippen molar-refractivity contribution in [1.29, 1.82) is 0 Å². The smallest absolute Gasteiger partial charge is 0.142 e. The minimum absolute atomic E-state index is 0.207. The van der Waals surface area contributed by atoms with Crippen LogP contribution in [0.15, 0.2) is 18.5 Å². The van der Waals surface area contributed by atoms with Crippen LogP contribution >= 0.6 is 0 Å². The lowest BCUT2D eigenvalue weighted by Crippen LogP contribution is -2.22. The molecule has 0 aliphatic carbocycles. The number of hydrogen-bond acceptors (Lipinski definition) is 3. The molecule has 1 N–H and O–H groups in total. The van der Waals surface area contributed by atoms with Crippen LogP contribution in [0.1, 0.15) is 40.2 Å². The first-order valence-electron chi connectivity index (χ1n) is 6.81. The zero-order valence-corrected chi connectivity index (χ0v) is 12.2. The van der Waals surface area contributed by atoms with E-state index in [2.05, 4.69) is 44.9 Å². The lowest BCUT2D eigenvalue weighted by atomic mass is 10.1. The zero-order valence-electron chi connectivity index (χ0n) is 12.2. The van der Waals surface area contributed by atoms with Crippen molar-refractivity contribution in [3.8, 4) is 5.75 Å². The van der Waals surface area contributed by atoms with E-state index in [1.165, 1.54) is 5.56 Å². The molecule has 0 aliphatic rings. The van der Waals surface area contributed by atoms with E-state index in [0.717, 1.165) is 18.8 Å². The highest BCUT2D eigenvalue weighted by Crippen LogP contribution is 2.20. The summed E-state index contributed by atoms with van der Waals surface area (Å²) in [5.74, 6) is 2.06. The van der Waals surface area contributed by atoms with E-state index in [1.807, 2.05) is 18.5 Å². The summed E-state index contributed by atoms with van der Waals surface area (Å²) in [6.07, 6.45) is 3.84. The first kappa shape index (κ1) is 15.0. The van der Waals surface area contributed by atoms with Crippen molar-refractivity contribution in [2.75, 3.05) is 6.54 Å². The normalized spacial score (nSPS) is 13.1. The van der Waals surface area contributed by atoms with E-state index >= 15 is 0 Å². The van der Waals surface area contributed by atoms with Gasteiger partial charge in [0.2, 0.25) is 0 Å². The molecule has 3 nitrogen and oxygen atoms in total. The Hall–Kier alpha value is -1.09. The lowest BCUT2D eigenvalue weighted by molar-refractivity contribution is 0.168. The monoisotopic (exact) mass is 250 g/mol. The third-order valence-electron chi connectivity index (χ3n) is 2.99. The van der Waals surface area contributed by atoms with E-state index < -0.39 is 0 Å². The Bertz CT molecular complexity index is 350. The van der Waals surface area contributed by atoms with Crippen LogP contribution in [-0.4, -0.2) is 17.6 Å². The molecule has 0 fully saturated rings. The van der Waals surface area contributed by atoms with Gasteiger partial charge in [0.15, 0.2) is 0 Å². The molecule has 18 heavy (non-hydrogen) atoms. The fourth-order valence-corrected chi connectivity index (χ4v) is 1.49. The number of rotatable bonds is 7. The molecule has 0 radical (unpaired) electrons. The van der Waals surface area contributed by atoms with Crippen LogP contribution in [0, 0.1) is 11.8 Å². The quantitative estimate of drug-likeness (QED) is 0.806. The largest absolute Gasteiger partial charge is 0.488 e. The van der Waals surface area contributed by atoms with Gasteiger partial charge >= 0.3 is 0 Å². The predicted octanol–water partition coefficient (Wildman–Crippen LogP) is 3.25. The lowest BCUT2D eigenvalue weighted by Gasteiger charge is -2.20. The molecular weight excluding hydrogens is 224 g/mol. The molecule has 1 atom stereocenters. The molecule has 0 spiro atoms. The summed E-state index contributed by atoms with van der Waals surface area (Å²) in [5.41, 5.74) is 1.18. The Balaban J connectivity index is 2.61. The Morgan fingerprint density at radius 3 is 2.56 bits per heavy atom. The topological polar surface area (TPSA) is 34.2 Å². The van der Waals surface area contributed by atoms with Crippen molar-refractivity contribution in [2.24, 2.45) is 11.8 Å². The molecule has 1 aromatic heterocycles. The number of nitrogens with one attached hydrogen (secondary N) is 1. The van der Waals surface area contributed by atoms with Gasteiger partial charge in [0.1, 0.15) is 5.75 Å². The van der Waals surface area contributed by atoms with Gasteiger partial charge in [0.05, 0.1) is 12.3 Å². The van der Waals surface area contributed by atoms with Crippen molar-refractivity contribution < 1.29 is 4.74 Å². The summed E-state index contributed by atoms with van der Waals surface area (Å²) in [6.45, 7) is 12.7. The third kappa shape index (κ3) is 5.05. The maximum absolute atomic E-state index is 5.96. The van der Waals surface area contributed by atoms with Crippen LogP contribution in [-0.2, 0) is 6.54 Å². The fourth-order valence-electron chi connectivity index (χ4n) is 1.49. The highest BCUT2D eigenvalue weighted by molar-refractivity contribution is 5.29. The van der Waals surface area contributed by atoms with Crippen molar-refractivity contribution >= 4 is 0 Å². The summed E-state index contributed by atoms with van der Waals surface area (Å²) in [4.78, 5) is 4.15. The Kier molecular flexibility index (Phi) is 6.13. The zero-order chi connectivity index (χ0) is 13.5. The van der Waals surface area contributed by atoms with Gasteiger partial charge in [-0.3, -0.25) is 4.98 Å². The van der Waals surface area contributed by atoms with E-state index in [0.29, 0.717) is 11.8 Å². The summed E-state index contributed by atoms with van der Waals surface area (Å²) >= 11 is 0. The molecule has 0 saturated carbocycles. The third-order valence-corrected chi connectivity index (χ3v) is 2.99. The van der Waals surface area contributed by atoms with E-state index in [1.54, 1.807) is 0 Å². The Morgan fingerprint density at radius 1 is 1.22 bits per heavy atom. The first-order chi connectivity index (χ1) is 8.50. The first-order valence-corrected chi connectivity index (χ1v) is 6.81. The van der Waals surface area contributed by atoms with Gasteiger partial charge in [-0.05, 0) is 31.4 Å². The summed E-state index contributed by atoms with van der Waals surface area (Å²) in [6, 6.07) is 2.02. The summed E-state index contributed by atoms with van der Waals surface area (Å²) in [7, 11) is 0. The van der Waals surface area contributed by atoms with Crippen molar-refractivity contribution in [1.82, 2.24) is 10.3 Å². The Morgan fingerprint density at radius 2 is 1.94 bits per heavy atom. The van der Waals surface area contributed by atoms with Crippen LogP contribution in [0.25, 0.3) is 0 Å². The van der Waals surface area contributed by atoms with Gasteiger partial charge in [0, 0.05) is 18.3 Å². The van der Waals surface area contributed by atoms with Crippen LogP contribution in [0.4, 0.5) is 0 Å². The minimum atomic E-state index is 0.207. The van der Waals surface area contributed by atoms with Gasteiger partial charge in [-0.25, -0.2) is 0 Å². The van der Waals surface area contributed by atoms with E-state index in [4.69, 9.17) is 4.74 Å². The molecule has 3 heteroatoms. The second-order valence-electron chi connectivity index (χ2n) is 5.58. The van der Waals surface area contributed by atoms with Crippen LogP contribution in [0.3, 0.4) is 0 Å². The average Bonchev–Trinajstić information content (AvgIpc) is 2.30. The van der Waals surface area contributed by atoms with Gasteiger partial charge in [-0.2, -0.15) is 0 Å².